The average Bonchev–Trinajstić information content (AvgIpc) is 2.83. The summed E-state index contributed by atoms with van der Waals surface area (Å²) in [7, 11) is -3.31. The molecule has 2 atom stereocenters. The summed E-state index contributed by atoms with van der Waals surface area (Å²) in [5.41, 5.74) is 0. The number of nitrogens with zero attached hydrogens (tertiary/aromatic N) is 2. The number of H-pyrrole nitrogens is 1. The van der Waals surface area contributed by atoms with Crippen LogP contribution >= 0.6 is 0 Å². The summed E-state index contributed by atoms with van der Waals surface area (Å²) in [5.74, 6) is 0.525. The van der Waals surface area contributed by atoms with Crippen LogP contribution in [0.2, 0.25) is 0 Å². The Morgan fingerprint density at radius 3 is 3.00 bits per heavy atom. The Labute approximate surface area is 100 Å². The Balaban J connectivity index is 2.01. The van der Waals surface area contributed by atoms with Gasteiger partial charge in [0, 0.05) is 6.54 Å². The molecule has 0 saturated carbocycles. The van der Waals surface area contributed by atoms with Crippen LogP contribution in [0.15, 0.2) is 6.33 Å². The SMILES string of the molecule is CC(NS(=O)(=O)C1CCCNC1)c1ncn[nH]1. The number of hydrogen-bond donors (Lipinski definition) is 3. The molecule has 1 aromatic rings. The van der Waals surface area contributed by atoms with Gasteiger partial charge in [-0.3, -0.25) is 5.10 Å². The van der Waals surface area contributed by atoms with Gasteiger partial charge in [0.15, 0.2) is 0 Å². The lowest BCUT2D eigenvalue weighted by molar-refractivity contribution is 0.483. The molecule has 96 valence electrons. The van der Waals surface area contributed by atoms with Crippen LogP contribution in [-0.4, -0.2) is 41.9 Å². The van der Waals surface area contributed by atoms with Crippen molar-refractivity contribution in [1.29, 1.82) is 0 Å². The minimum absolute atomic E-state index is 0.360. The molecular formula is C9H17N5O2S. The lowest BCUT2D eigenvalue weighted by Crippen LogP contribution is -2.45. The summed E-state index contributed by atoms with van der Waals surface area (Å²) in [4.78, 5) is 3.94. The normalized spacial score (nSPS) is 23.5. The first kappa shape index (κ1) is 12.5. The van der Waals surface area contributed by atoms with Crippen LogP contribution in [-0.2, 0) is 10.0 Å². The van der Waals surface area contributed by atoms with Crippen molar-refractivity contribution in [2.24, 2.45) is 0 Å². The Hall–Kier alpha value is -0.990. The van der Waals surface area contributed by atoms with Crippen LogP contribution in [0.3, 0.4) is 0 Å². The fourth-order valence-electron chi connectivity index (χ4n) is 1.91. The van der Waals surface area contributed by atoms with E-state index in [9.17, 15) is 8.42 Å². The van der Waals surface area contributed by atoms with Crippen LogP contribution in [0.4, 0.5) is 0 Å². The summed E-state index contributed by atoms with van der Waals surface area (Å²) in [6.45, 7) is 3.15. The van der Waals surface area contributed by atoms with Crippen LogP contribution in [0, 0.1) is 0 Å². The Morgan fingerprint density at radius 2 is 2.41 bits per heavy atom. The molecule has 3 N–H and O–H groups in total. The first-order valence-electron chi connectivity index (χ1n) is 5.67. The van der Waals surface area contributed by atoms with Gasteiger partial charge in [-0.2, -0.15) is 5.10 Å². The van der Waals surface area contributed by atoms with Crippen LogP contribution in [0.25, 0.3) is 0 Å². The van der Waals surface area contributed by atoms with E-state index in [1.54, 1.807) is 6.92 Å². The van der Waals surface area contributed by atoms with Gasteiger partial charge in [0.2, 0.25) is 10.0 Å². The lowest BCUT2D eigenvalue weighted by atomic mass is 10.2. The summed E-state index contributed by atoms with van der Waals surface area (Å²) >= 11 is 0. The second-order valence-electron chi connectivity index (χ2n) is 4.22. The fourth-order valence-corrected chi connectivity index (χ4v) is 3.52. The molecule has 7 nitrogen and oxygen atoms in total. The second kappa shape index (κ2) is 5.11. The first-order valence-corrected chi connectivity index (χ1v) is 7.21. The third-order valence-corrected chi connectivity index (χ3v) is 4.84. The lowest BCUT2D eigenvalue weighted by Gasteiger charge is -2.24. The maximum absolute atomic E-state index is 12.1. The fraction of sp³-hybridized carbons (Fsp3) is 0.778. The molecule has 2 unspecified atom stereocenters. The van der Waals surface area contributed by atoms with Crippen LogP contribution in [0.1, 0.15) is 31.6 Å². The Morgan fingerprint density at radius 1 is 1.59 bits per heavy atom. The highest BCUT2D eigenvalue weighted by Crippen LogP contribution is 2.14. The molecule has 2 rings (SSSR count). The Bertz CT molecular complexity index is 438. The molecule has 17 heavy (non-hydrogen) atoms. The van der Waals surface area contributed by atoms with E-state index in [0.29, 0.717) is 18.8 Å². The highest BCUT2D eigenvalue weighted by atomic mass is 32.2. The molecule has 0 aliphatic carbocycles. The van der Waals surface area contributed by atoms with E-state index < -0.39 is 10.0 Å². The molecule has 0 spiro atoms. The van der Waals surface area contributed by atoms with Crippen molar-refractivity contribution in [3.63, 3.8) is 0 Å². The molecule has 0 radical (unpaired) electrons. The van der Waals surface area contributed by atoms with Gasteiger partial charge < -0.3 is 5.32 Å². The molecule has 1 aliphatic rings. The van der Waals surface area contributed by atoms with Crippen molar-refractivity contribution in [1.82, 2.24) is 25.2 Å². The average molecular weight is 259 g/mol. The van der Waals surface area contributed by atoms with E-state index in [1.165, 1.54) is 6.33 Å². The van der Waals surface area contributed by atoms with Gasteiger partial charge in [0.25, 0.3) is 0 Å². The van der Waals surface area contributed by atoms with E-state index in [2.05, 4.69) is 25.2 Å². The smallest absolute Gasteiger partial charge is 0.216 e. The molecule has 0 amide bonds. The van der Waals surface area contributed by atoms with Crippen molar-refractivity contribution in [3.8, 4) is 0 Å². The van der Waals surface area contributed by atoms with Crippen molar-refractivity contribution in [3.05, 3.63) is 12.2 Å². The summed E-state index contributed by atoms with van der Waals surface area (Å²) in [6, 6.07) is -0.385. The zero-order valence-corrected chi connectivity index (χ0v) is 10.5. The van der Waals surface area contributed by atoms with Gasteiger partial charge in [-0.1, -0.05) is 0 Å². The molecule has 1 aliphatic heterocycles. The molecule has 1 saturated heterocycles. The molecule has 1 fully saturated rings. The number of aromatic amines is 1. The second-order valence-corrected chi connectivity index (χ2v) is 6.22. The highest BCUT2D eigenvalue weighted by Gasteiger charge is 2.29. The van der Waals surface area contributed by atoms with Gasteiger partial charge in [-0.15, -0.1) is 0 Å². The zero-order valence-electron chi connectivity index (χ0n) is 9.68. The number of rotatable bonds is 4. The van der Waals surface area contributed by atoms with Gasteiger partial charge in [-0.25, -0.2) is 18.1 Å². The van der Waals surface area contributed by atoms with Crippen LogP contribution in [0.5, 0.6) is 0 Å². The van der Waals surface area contributed by atoms with Crippen molar-refractivity contribution in [2.45, 2.75) is 31.1 Å². The number of piperidine rings is 1. The van der Waals surface area contributed by atoms with Gasteiger partial charge in [0.05, 0.1) is 11.3 Å². The van der Waals surface area contributed by atoms with E-state index in [1.807, 2.05) is 0 Å². The van der Waals surface area contributed by atoms with Crippen LogP contribution < -0.4 is 10.0 Å². The van der Waals surface area contributed by atoms with Crippen molar-refractivity contribution >= 4 is 10.0 Å². The Kier molecular flexibility index (Phi) is 3.75. The first-order chi connectivity index (χ1) is 8.09. The number of sulfonamides is 1. The molecule has 0 aromatic carbocycles. The number of aromatic nitrogens is 3. The van der Waals surface area contributed by atoms with Crippen molar-refractivity contribution < 1.29 is 8.42 Å². The topological polar surface area (TPSA) is 99.8 Å². The monoisotopic (exact) mass is 259 g/mol. The van der Waals surface area contributed by atoms with E-state index in [4.69, 9.17) is 0 Å². The minimum Gasteiger partial charge on any atom is -0.315 e. The van der Waals surface area contributed by atoms with Crippen molar-refractivity contribution in [2.75, 3.05) is 13.1 Å². The van der Waals surface area contributed by atoms with E-state index in [0.717, 1.165) is 13.0 Å². The number of hydrogen-bond acceptors (Lipinski definition) is 5. The van der Waals surface area contributed by atoms with Gasteiger partial charge in [-0.05, 0) is 26.3 Å². The van der Waals surface area contributed by atoms with E-state index in [-0.39, 0.29) is 11.3 Å². The number of nitrogens with one attached hydrogen (secondary N) is 3. The largest absolute Gasteiger partial charge is 0.315 e. The van der Waals surface area contributed by atoms with Gasteiger partial charge >= 0.3 is 0 Å². The molecule has 1 aromatic heterocycles. The highest BCUT2D eigenvalue weighted by molar-refractivity contribution is 7.90. The third-order valence-electron chi connectivity index (χ3n) is 2.88. The standard InChI is InChI=1S/C9H17N5O2S/c1-7(9-11-6-12-13-9)14-17(15,16)8-3-2-4-10-5-8/h6-8,10,14H,2-5H2,1H3,(H,11,12,13). The molecular weight excluding hydrogens is 242 g/mol. The molecule has 8 heteroatoms. The predicted octanol–water partition coefficient (Wildman–Crippen LogP) is -0.463. The van der Waals surface area contributed by atoms with E-state index >= 15 is 0 Å². The zero-order chi connectivity index (χ0) is 12.3. The molecule has 2 heterocycles. The summed E-state index contributed by atoms with van der Waals surface area (Å²) < 4.78 is 26.8. The summed E-state index contributed by atoms with van der Waals surface area (Å²) in [6.07, 6.45) is 2.95. The maximum atomic E-state index is 12.1. The molecule has 0 bridgehead atoms. The minimum atomic E-state index is -3.31. The quantitative estimate of drug-likeness (QED) is 0.679. The van der Waals surface area contributed by atoms with Gasteiger partial charge in [0.1, 0.15) is 12.2 Å². The maximum Gasteiger partial charge on any atom is 0.216 e. The third kappa shape index (κ3) is 3.02. The summed E-state index contributed by atoms with van der Waals surface area (Å²) in [5, 5.41) is 9.10. The predicted molar refractivity (Wildman–Crippen MR) is 62.7 cm³/mol.